The highest BCUT2D eigenvalue weighted by atomic mass is 32.2. The molecule has 42 heavy (non-hydrogen) atoms. The normalized spacial score (nSPS) is 11.1. The molecule has 0 heterocycles. The Morgan fingerprint density at radius 1 is 0.881 bits per heavy atom. The van der Waals surface area contributed by atoms with Crippen molar-refractivity contribution in [1.82, 2.24) is 5.43 Å². The van der Waals surface area contributed by atoms with E-state index in [4.69, 9.17) is 9.47 Å². The third-order valence-electron chi connectivity index (χ3n) is 5.96. The topological polar surface area (TPSA) is 126 Å². The predicted molar refractivity (Wildman–Crippen MR) is 161 cm³/mol. The summed E-state index contributed by atoms with van der Waals surface area (Å²) < 4.78 is 39.4. The van der Waals surface area contributed by atoms with Crippen LogP contribution in [0.25, 0.3) is 0 Å². The van der Waals surface area contributed by atoms with E-state index in [-0.39, 0.29) is 16.5 Å². The maximum absolute atomic E-state index is 13.7. The molecule has 4 aromatic rings. The van der Waals surface area contributed by atoms with E-state index >= 15 is 0 Å². The minimum Gasteiger partial charge on any atom is -0.497 e. The number of sulfonamides is 1. The molecule has 0 spiro atoms. The Bertz CT molecular complexity index is 1640. The molecule has 0 aromatic heterocycles. The van der Waals surface area contributed by atoms with Crippen LogP contribution < -0.4 is 24.5 Å². The molecule has 2 amide bonds. The zero-order valence-electron chi connectivity index (χ0n) is 23.1. The van der Waals surface area contributed by atoms with Crippen LogP contribution in [0.15, 0.2) is 113 Å². The van der Waals surface area contributed by atoms with Gasteiger partial charge in [-0.1, -0.05) is 42.5 Å². The van der Waals surface area contributed by atoms with E-state index in [0.29, 0.717) is 29.4 Å². The number of methoxy groups -OCH3 is 1. The van der Waals surface area contributed by atoms with Crippen molar-refractivity contribution in [2.24, 2.45) is 5.10 Å². The number of nitrogens with one attached hydrogen (secondary N) is 2. The van der Waals surface area contributed by atoms with Gasteiger partial charge >= 0.3 is 0 Å². The number of hydrogen-bond donors (Lipinski definition) is 2. The predicted octanol–water partition coefficient (Wildman–Crippen LogP) is 4.58. The molecule has 2 N–H and O–H groups in total. The van der Waals surface area contributed by atoms with Crippen LogP contribution >= 0.6 is 0 Å². The number of benzene rings is 4. The van der Waals surface area contributed by atoms with Gasteiger partial charge in [-0.25, -0.2) is 13.8 Å². The highest BCUT2D eigenvalue weighted by molar-refractivity contribution is 7.92. The van der Waals surface area contributed by atoms with Crippen molar-refractivity contribution in [1.29, 1.82) is 0 Å². The molecule has 4 rings (SSSR count). The van der Waals surface area contributed by atoms with Crippen molar-refractivity contribution in [3.05, 3.63) is 114 Å². The third kappa shape index (κ3) is 7.95. The lowest BCUT2D eigenvalue weighted by Crippen LogP contribution is -2.39. The summed E-state index contributed by atoms with van der Waals surface area (Å²) in [4.78, 5) is 24.2. The van der Waals surface area contributed by atoms with Gasteiger partial charge in [-0.3, -0.25) is 13.9 Å². The largest absolute Gasteiger partial charge is 0.497 e. The zero-order valence-corrected chi connectivity index (χ0v) is 23.9. The van der Waals surface area contributed by atoms with Crippen LogP contribution in [-0.4, -0.2) is 40.1 Å². The van der Waals surface area contributed by atoms with Crippen molar-refractivity contribution in [3.63, 3.8) is 0 Å². The highest BCUT2D eigenvalue weighted by Gasteiger charge is 2.27. The summed E-state index contributed by atoms with van der Waals surface area (Å²) in [7, 11) is -2.69. The van der Waals surface area contributed by atoms with E-state index < -0.39 is 22.5 Å². The summed E-state index contributed by atoms with van der Waals surface area (Å²) in [6.45, 7) is 1.16. The first-order valence-corrected chi connectivity index (χ1v) is 14.3. The summed E-state index contributed by atoms with van der Waals surface area (Å²) in [5.41, 5.74) is 4.73. The first kappa shape index (κ1) is 29.8. The Labute approximate surface area is 244 Å². The average molecular weight is 587 g/mol. The molecule has 0 radical (unpaired) electrons. The molecule has 0 aliphatic heterocycles. The second-order valence-corrected chi connectivity index (χ2v) is 10.9. The smallest absolute Gasteiger partial charge is 0.264 e. The van der Waals surface area contributed by atoms with Gasteiger partial charge in [-0.15, -0.1) is 0 Å². The lowest BCUT2D eigenvalue weighted by molar-refractivity contribution is -0.119. The van der Waals surface area contributed by atoms with Gasteiger partial charge in [0.25, 0.3) is 15.9 Å². The standard InChI is InChI=1S/C31H30N4O6S/c1-23(36)33-26-12-18-29(19-13-26)42(38,39)35(27-14-16-28(40-2)17-15-27)21-31(37)34-32-20-25-10-6-7-11-30(25)41-22-24-8-4-3-5-9-24/h3-20H,21-22H2,1-2H3,(H,33,36)(H,34,37)/b32-20-. The summed E-state index contributed by atoms with van der Waals surface area (Å²) in [6, 6.07) is 28.9. The van der Waals surface area contributed by atoms with E-state index in [0.717, 1.165) is 9.87 Å². The SMILES string of the molecule is COc1ccc(N(CC(=O)N/N=C\c2ccccc2OCc2ccccc2)S(=O)(=O)c2ccc(NC(C)=O)cc2)cc1. The lowest BCUT2D eigenvalue weighted by Gasteiger charge is -2.24. The number of hydrogen-bond acceptors (Lipinski definition) is 7. The van der Waals surface area contributed by atoms with Crippen molar-refractivity contribution >= 4 is 39.4 Å². The Hall–Kier alpha value is -5.16. The van der Waals surface area contributed by atoms with Crippen molar-refractivity contribution in [2.75, 3.05) is 23.3 Å². The van der Waals surface area contributed by atoms with Crippen LogP contribution in [0, 0.1) is 0 Å². The number of carbonyl (C=O) groups excluding carboxylic acids is 2. The molecule has 4 aromatic carbocycles. The molecule has 0 fully saturated rings. The molecular formula is C31H30N4O6S. The molecule has 0 bridgehead atoms. The molecule has 216 valence electrons. The summed E-state index contributed by atoms with van der Waals surface area (Å²) in [5, 5.41) is 6.63. The third-order valence-corrected chi connectivity index (χ3v) is 7.75. The monoisotopic (exact) mass is 586 g/mol. The second kappa shape index (κ2) is 14.0. The first-order valence-electron chi connectivity index (χ1n) is 12.9. The van der Waals surface area contributed by atoms with Gasteiger partial charge in [0.05, 0.1) is 23.9 Å². The molecule has 0 atom stereocenters. The van der Waals surface area contributed by atoms with Crippen LogP contribution in [0.1, 0.15) is 18.1 Å². The van der Waals surface area contributed by atoms with Crippen molar-refractivity contribution in [2.45, 2.75) is 18.4 Å². The summed E-state index contributed by atoms with van der Waals surface area (Å²) >= 11 is 0. The van der Waals surface area contributed by atoms with E-state index in [1.807, 2.05) is 42.5 Å². The summed E-state index contributed by atoms with van der Waals surface area (Å²) in [6.07, 6.45) is 1.44. The second-order valence-electron chi connectivity index (χ2n) is 9.02. The summed E-state index contributed by atoms with van der Waals surface area (Å²) in [5.74, 6) is 0.152. The number of para-hydroxylation sites is 1. The van der Waals surface area contributed by atoms with Crippen LogP contribution in [-0.2, 0) is 26.2 Å². The molecule has 0 saturated heterocycles. The van der Waals surface area contributed by atoms with Gasteiger partial charge in [-0.2, -0.15) is 5.10 Å². The number of carbonyl (C=O) groups is 2. The molecule has 11 heteroatoms. The number of nitrogens with zero attached hydrogens (tertiary/aromatic N) is 2. The average Bonchev–Trinajstić information content (AvgIpc) is 3.00. The molecular weight excluding hydrogens is 556 g/mol. The Kier molecular flexibility index (Phi) is 9.90. The maximum Gasteiger partial charge on any atom is 0.264 e. The minimum absolute atomic E-state index is 0.0618. The van der Waals surface area contributed by atoms with E-state index in [1.54, 1.807) is 36.4 Å². The molecule has 10 nitrogen and oxygen atoms in total. The van der Waals surface area contributed by atoms with Crippen LogP contribution in [0.4, 0.5) is 11.4 Å². The molecule has 0 aliphatic rings. The molecule has 0 unspecified atom stereocenters. The van der Waals surface area contributed by atoms with E-state index in [2.05, 4.69) is 15.8 Å². The number of ether oxygens (including phenoxy) is 2. The Morgan fingerprint density at radius 3 is 2.21 bits per heavy atom. The number of hydrazone groups is 1. The molecule has 0 aliphatic carbocycles. The van der Waals surface area contributed by atoms with Crippen molar-refractivity contribution < 1.29 is 27.5 Å². The van der Waals surface area contributed by atoms with Crippen molar-refractivity contribution in [3.8, 4) is 11.5 Å². The maximum atomic E-state index is 13.7. The van der Waals surface area contributed by atoms with Gasteiger partial charge in [0.2, 0.25) is 5.91 Å². The first-order chi connectivity index (χ1) is 20.3. The van der Waals surface area contributed by atoms with Crippen LogP contribution in [0.2, 0.25) is 0 Å². The van der Waals surface area contributed by atoms with Gasteiger partial charge in [0.15, 0.2) is 0 Å². The zero-order chi connectivity index (χ0) is 30.0. The highest BCUT2D eigenvalue weighted by Crippen LogP contribution is 2.26. The number of amides is 2. The minimum atomic E-state index is -4.18. The Morgan fingerprint density at radius 2 is 1.55 bits per heavy atom. The Balaban J connectivity index is 1.50. The van der Waals surface area contributed by atoms with Gasteiger partial charge in [-0.05, 0) is 66.2 Å². The quantitative estimate of drug-likeness (QED) is 0.185. The van der Waals surface area contributed by atoms with E-state index in [9.17, 15) is 18.0 Å². The number of rotatable bonds is 12. The van der Waals surface area contributed by atoms with Gasteiger partial charge < -0.3 is 14.8 Å². The lowest BCUT2D eigenvalue weighted by atomic mass is 10.2. The number of anilines is 2. The fourth-order valence-corrected chi connectivity index (χ4v) is 5.32. The van der Waals surface area contributed by atoms with Gasteiger partial charge in [0.1, 0.15) is 24.7 Å². The fourth-order valence-electron chi connectivity index (χ4n) is 3.90. The van der Waals surface area contributed by atoms with Crippen LogP contribution in [0.3, 0.4) is 0 Å². The fraction of sp³-hybridized carbons (Fsp3) is 0.129. The van der Waals surface area contributed by atoms with E-state index in [1.165, 1.54) is 44.5 Å². The van der Waals surface area contributed by atoms with Gasteiger partial charge in [0, 0.05) is 18.2 Å². The van der Waals surface area contributed by atoms with Crippen LogP contribution in [0.5, 0.6) is 11.5 Å². The molecule has 0 saturated carbocycles.